The van der Waals surface area contributed by atoms with Gasteiger partial charge in [0, 0.05) is 30.3 Å². The number of aryl methyl sites for hydroxylation is 1. The Kier molecular flexibility index (Phi) is 5.95. The Labute approximate surface area is 126 Å². The molecule has 0 amide bonds. The molecule has 1 aliphatic heterocycles. The highest BCUT2D eigenvalue weighted by Gasteiger charge is 2.15. The molecule has 1 aromatic heterocycles. The van der Waals surface area contributed by atoms with E-state index in [1.54, 1.807) is 0 Å². The monoisotopic (exact) mass is 294 g/mol. The fraction of sp³-hybridized carbons (Fsp3) is 0.733. The van der Waals surface area contributed by atoms with Crippen LogP contribution in [0.4, 0.5) is 11.6 Å². The molecule has 112 valence electrons. The van der Waals surface area contributed by atoms with Crippen molar-refractivity contribution in [1.82, 2.24) is 9.97 Å². The summed E-state index contributed by atoms with van der Waals surface area (Å²) in [6.45, 7) is 8.18. The summed E-state index contributed by atoms with van der Waals surface area (Å²) in [5, 5.41) is 7.60. The van der Waals surface area contributed by atoms with E-state index in [4.69, 9.17) is 0 Å². The highest BCUT2D eigenvalue weighted by Crippen LogP contribution is 2.26. The molecule has 1 aliphatic rings. The van der Waals surface area contributed by atoms with Crippen molar-refractivity contribution in [1.29, 1.82) is 0 Å². The van der Waals surface area contributed by atoms with Crippen LogP contribution < -0.4 is 10.6 Å². The van der Waals surface area contributed by atoms with Gasteiger partial charge in [-0.15, -0.1) is 0 Å². The molecule has 1 unspecified atom stereocenters. The first kappa shape index (κ1) is 15.4. The van der Waals surface area contributed by atoms with Crippen LogP contribution in [0.2, 0.25) is 0 Å². The van der Waals surface area contributed by atoms with Crippen molar-refractivity contribution in [3.63, 3.8) is 0 Å². The van der Waals surface area contributed by atoms with Crippen LogP contribution in [-0.4, -0.2) is 34.1 Å². The van der Waals surface area contributed by atoms with Crippen molar-refractivity contribution in [2.24, 2.45) is 0 Å². The van der Waals surface area contributed by atoms with Gasteiger partial charge in [0.1, 0.15) is 17.5 Å². The maximum absolute atomic E-state index is 4.65. The Morgan fingerprint density at radius 1 is 1.15 bits per heavy atom. The van der Waals surface area contributed by atoms with Crippen LogP contribution in [0.3, 0.4) is 0 Å². The van der Waals surface area contributed by atoms with E-state index in [0.29, 0.717) is 0 Å². The van der Waals surface area contributed by atoms with Crippen molar-refractivity contribution in [2.75, 3.05) is 29.5 Å². The number of hydrogen-bond donors (Lipinski definition) is 2. The smallest absolute Gasteiger partial charge is 0.134 e. The molecular weight excluding hydrogens is 268 g/mol. The molecule has 5 heteroatoms. The van der Waals surface area contributed by atoms with Crippen LogP contribution in [0.5, 0.6) is 0 Å². The highest BCUT2D eigenvalue weighted by atomic mass is 32.2. The quantitative estimate of drug-likeness (QED) is 0.841. The Bertz CT molecular complexity index is 430. The Morgan fingerprint density at radius 3 is 2.50 bits per heavy atom. The van der Waals surface area contributed by atoms with E-state index in [9.17, 15) is 0 Å². The summed E-state index contributed by atoms with van der Waals surface area (Å²) in [5.74, 6) is 4.18. The molecule has 0 aromatic carbocycles. The van der Waals surface area contributed by atoms with E-state index in [0.717, 1.165) is 47.8 Å². The first-order chi connectivity index (χ1) is 9.74. The van der Waals surface area contributed by atoms with Gasteiger partial charge in [0.05, 0.1) is 0 Å². The molecule has 2 N–H and O–H groups in total. The van der Waals surface area contributed by atoms with E-state index >= 15 is 0 Å². The van der Waals surface area contributed by atoms with Crippen LogP contribution in [-0.2, 0) is 6.42 Å². The van der Waals surface area contributed by atoms with Crippen LogP contribution in [0, 0.1) is 6.92 Å². The van der Waals surface area contributed by atoms with Gasteiger partial charge in [0.2, 0.25) is 0 Å². The maximum Gasteiger partial charge on any atom is 0.134 e. The minimum absolute atomic E-state index is 0.728. The zero-order valence-electron chi connectivity index (χ0n) is 12.8. The molecule has 0 radical (unpaired) electrons. The van der Waals surface area contributed by atoms with Gasteiger partial charge in [-0.2, -0.15) is 11.8 Å². The molecule has 2 heterocycles. The van der Waals surface area contributed by atoms with Crippen molar-refractivity contribution >= 4 is 23.4 Å². The number of nitrogens with one attached hydrogen (secondary N) is 2. The van der Waals surface area contributed by atoms with Crippen LogP contribution in [0.15, 0.2) is 0 Å². The first-order valence-electron chi connectivity index (χ1n) is 7.71. The lowest BCUT2D eigenvalue weighted by molar-refractivity contribution is 0.676. The van der Waals surface area contributed by atoms with Gasteiger partial charge in [-0.1, -0.05) is 13.3 Å². The maximum atomic E-state index is 4.65. The summed E-state index contributed by atoms with van der Waals surface area (Å²) >= 11 is 2.09. The number of nitrogens with zero attached hydrogens (tertiary/aromatic N) is 2. The second kappa shape index (κ2) is 7.72. The molecule has 1 fully saturated rings. The van der Waals surface area contributed by atoms with Gasteiger partial charge in [0.15, 0.2) is 0 Å². The van der Waals surface area contributed by atoms with E-state index < -0.39 is 0 Å². The molecule has 20 heavy (non-hydrogen) atoms. The van der Waals surface area contributed by atoms with Crippen molar-refractivity contribution in [3.8, 4) is 0 Å². The largest absolute Gasteiger partial charge is 0.370 e. The molecule has 0 aliphatic carbocycles. The lowest BCUT2D eigenvalue weighted by Gasteiger charge is -2.22. The summed E-state index contributed by atoms with van der Waals surface area (Å²) in [5.41, 5.74) is 1.13. The number of aromatic nitrogens is 2. The third kappa shape index (κ3) is 4.01. The average molecular weight is 294 g/mol. The average Bonchev–Trinajstić information content (AvgIpc) is 2.49. The SMILES string of the molecule is CCNc1nc(CC)nc(NCC2CCCCS2)c1C. The van der Waals surface area contributed by atoms with E-state index in [-0.39, 0.29) is 0 Å². The van der Waals surface area contributed by atoms with Crippen molar-refractivity contribution in [2.45, 2.75) is 51.7 Å². The zero-order valence-corrected chi connectivity index (χ0v) is 13.6. The van der Waals surface area contributed by atoms with E-state index in [2.05, 4.69) is 53.1 Å². The molecule has 0 bridgehead atoms. The van der Waals surface area contributed by atoms with Crippen LogP contribution in [0.25, 0.3) is 0 Å². The van der Waals surface area contributed by atoms with E-state index in [1.807, 2.05) is 0 Å². The molecule has 1 aromatic rings. The molecule has 1 saturated heterocycles. The normalized spacial score (nSPS) is 18.9. The third-order valence-electron chi connectivity index (χ3n) is 3.62. The summed E-state index contributed by atoms with van der Waals surface area (Å²) in [4.78, 5) is 9.22. The van der Waals surface area contributed by atoms with Gasteiger partial charge in [-0.25, -0.2) is 9.97 Å². The minimum Gasteiger partial charge on any atom is -0.370 e. The van der Waals surface area contributed by atoms with Gasteiger partial charge < -0.3 is 10.6 Å². The molecule has 0 spiro atoms. The number of rotatable bonds is 6. The Hall–Kier alpha value is -0.970. The predicted molar refractivity (Wildman–Crippen MR) is 88.9 cm³/mol. The lowest BCUT2D eigenvalue weighted by Crippen LogP contribution is -2.21. The summed E-state index contributed by atoms with van der Waals surface area (Å²) in [6.07, 6.45) is 4.93. The molecule has 1 atom stereocenters. The summed E-state index contributed by atoms with van der Waals surface area (Å²) < 4.78 is 0. The number of hydrogen-bond acceptors (Lipinski definition) is 5. The minimum atomic E-state index is 0.728. The van der Waals surface area contributed by atoms with Gasteiger partial charge in [-0.3, -0.25) is 0 Å². The fourth-order valence-electron chi connectivity index (χ4n) is 2.41. The van der Waals surface area contributed by atoms with Crippen molar-refractivity contribution < 1.29 is 0 Å². The molecule has 2 rings (SSSR count). The zero-order chi connectivity index (χ0) is 14.4. The predicted octanol–water partition coefficient (Wildman–Crippen LogP) is 3.48. The second-order valence-electron chi connectivity index (χ2n) is 5.22. The first-order valence-corrected chi connectivity index (χ1v) is 8.76. The Balaban J connectivity index is 2.06. The van der Waals surface area contributed by atoms with Crippen LogP contribution >= 0.6 is 11.8 Å². The topological polar surface area (TPSA) is 49.8 Å². The van der Waals surface area contributed by atoms with Gasteiger partial charge >= 0.3 is 0 Å². The van der Waals surface area contributed by atoms with Crippen LogP contribution in [0.1, 0.15) is 44.5 Å². The summed E-state index contributed by atoms with van der Waals surface area (Å²) in [6, 6.07) is 0. The van der Waals surface area contributed by atoms with Crippen molar-refractivity contribution in [3.05, 3.63) is 11.4 Å². The molecular formula is C15H26N4S. The van der Waals surface area contributed by atoms with Gasteiger partial charge in [-0.05, 0) is 32.4 Å². The second-order valence-corrected chi connectivity index (χ2v) is 6.62. The molecule has 0 saturated carbocycles. The molecule has 4 nitrogen and oxygen atoms in total. The lowest BCUT2D eigenvalue weighted by atomic mass is 10.2. The number of anilines is 2. The number of thioether (sulfide) groups is 1. The van der Waals surface area contributed by atoms with E-state index in [1.165, 1.54) is 25.0 Å². The van der Waals surface area contributed by atoms with Gasteiger partial charge in [0.25, 0.3) is 0 Å². The summed E-state index contributed by atoms with van der Waals surface area (Å²) in [7, 11) is 0. The third-order valence-corrected chi connectivity index (χ3v) is 5.02. The highest BCUT2D eigenvalue weighted by molar-refractivity contribution is 7.99. The fourth-order valence-corrected chi connectivity index (χ4v) is 3.65. The standard InChI is InChI=1S/C15H26N4S/c1-4-13-18-14(16-5-2)11(3)15(19-13)17-10-12-8-6-7-9-20-12/h12H,4-10H2,1-3H3,(H2,16,17,18,19). The Morgan fingerprint density at radius 2 is 1.90 bits per heavy atom.